The van der Waals surface area contributed by atoms with Gasteiger partial charge in [-0.3, -0.25) is 0 Å². The smallest absolute Gasteiger partial charge is 0.332 e. The minimum absolute atomic E-state index is 0.699. The van der Waals surface area contributed by atoms with Gasteiger partial charge < -0.3 is 9.59 Å². The summed E-state index contributed by atoms with van der Waals surface area (Å²) in [5.41, 5.74) is 0. The van der Waals surface area contributed by atoms with E-state index in [2.05, 4.69) is 13.8 Å². The van der Waals surface area contributed by atoms with Crippen LogP contribution in [0.4, 0.5) is 0 Å². The van der Waals surface area contributed by atoms with Crippen LogP contribution in [0.25, 0.3) is 0 Å². The van der Waals surface area contributed by atoms with Crippen molar-refractivity contribution >= 4 is 8.56 Å². The Morgan fingerprint density at radius 3 is 0.535 bits per heavy atom. The van der Waals surface area contributed by atoms with Crippen LogP contribution >= 0.6 is 0 Å². The fourth-order valence-electron chi connectivity index (χ4n) is 6.74. The summed E-state index contributed by atoms with van der Waals surface area (Å²) in [4.78, 5) is 21.0. The van der Waals surface area contributed by atoms with Crippen LogP contribution in [-0.4, -0.2) is 18.2 Å². The Balaban J connectivity index is 3.25. The summed E-state index contributed by atoms with van der Waals surface area (Å²) in [5.74, 6) is 0. The van der Waals surface area contributed by atoms with E-state index in [9.17, 15) is 9.59 Å². The van der Waals surface area contributed by atoms with Gasteiger partial charge in [0.05, 0.1) is 0 Å². The van der Waals surface area contributed by atoms with Crippen molar-refractivity contribution in [1.29, 1.82) is 0 Å². The first-order valence-corrected chi connectivity index (χ1v) is 22.9. The van der Waals surface area contributed by atoms with E-state index in [4.69, 9.17) is 0 Å². The maximum absolute atomic E-state index is 10.5. The van der Waals surface area contributed by atoms with Crippen molar-refractivity contribution in [2.45, 2.75) is 257 Å². The molecule has 0 spiro atoms. The molecule has 0 fully saturated rings. The first kappa shape index (κ1) is 43.1. The van der Waals surface area contributed by atoms with E-state index in [0.29, 0.717) is 12.1 Å². The molecule has 2 nitrogen and oxygen atoms in total. The largest absolute Gasteiger partial charge is 0.411 e. The summed E-state index contributed by atoms with van der Waals surface area (Å²) in [5, 5.41) is 0. The molecule has 0 saturated heterocycles. The van der Waals surface area contributed by atoms with Crippen LogP contribution in [0.15, 0.2) is 0 Å². The van der Waals surface area contributed by atoms with Crippen molar-refractivity contribution in [3.63, 3.8) is 0 Å². The maximum Gasteiger partial charge on any atom is 0.332 e. The van der Waals surface area contributed by atoms with Gasteiger partial charge >= 0.3 is 8.56 Å². The number of unbranched alkanes of at least 4 members (excludes halogenated alkanes) is 34. The molecule has 0 aliphatic carbocycles. The molecule has 0 rings (SSSR count). The molecule has 0 aliphatic rings. The Kier molecular flexibility index (Phi) is 36.7. The molecule has 0 saturated carbocycles. The predicted molar refractivity (Wildman–Crippen MR) is 197 cm³/mol. The summed E-state index contributed by atoms with van der Waals surface area (Å²) in [7, 11) is -2.92. The van der Waals surface area contributed by atoms with E-state index in [1.807, 2.05) is 0 Å². The molecule has 2 N–H and O–H groups in total. The second kappa shape index (κ2) is 36.6. The van der Waals surface area contributed by atoms with Gasteiger partial charge in [-0.05, 0) is 12.1 Å². The second-order valence-electron chi connectivity index (χ2n) is 14.5. The van der Waals surface area contributed by atoms with Gasteiger partial charge in [0.2, 0.25) is 0 Å². The van der Waals surface area contributed by atoms with Crippen molar-refractivity contribution in [3.05, 3.63) is 0 Å². The lowest BCUT2D eigenvalue weighted by Crippen LogP contribution is -2.33. The summed E-state index contributed by atoms with van der Waals surface area (Å²) in [6, 6.07) is 1.40. The Hall–Kier alpha value is 0.137. The van der Waals surface area contributed by atoms with E-state index in [0.717, 1.165) is 12.8 Å². The van der Waals surface area contributed by atoms with Crippen LogP contribution in [0.5, 0.6) is 0 Å². The van der Waals surface area contributed by atoms with Crippen LogP contribution in [0.2, 0.25) is 12.1 Å². The summed E-state index contributed by atoms with van der Waals surface area (Å²) in [6.07, 6.45) is 49.7. The SMILES string of the molecule is CCCCCCCCCCCCCCCCCCCC[Si](O)(O)CCCCCCCCCCCCCCCCCCCC. The first-order valence-electron chi connectivity index (χ1n) is 20.6. The van der Waals surface area contributed by atoms with Crippen LogP contribution in [0, 0.1) is 0 Å². The average Bonchev–Trinajstić information content (AvgIpc) is 3.00. The zero-order valence-electron chi connectivity index (χ0n) is 30.3. The minimum atomic E-state index is -2.92. The van der Waals surface area contributed by atoms with Crippen molar-refractivity contribution in [2.24, 2.45) is 0 Å². The van der Waals surface area contributed by atoms with Crippen molar-refractivity contribution in [1.82, 2.24) is 0 Å². The Bertz CT molecular complexity index is 453. The highest BCUT2D eigenvalue weighted by atomic mass is 28.4. The van der Waals surface area contributed by atoms with E-state index in [-0.39, 0.29) is 0 Å². The third-order valence-corrected chi connectivity index (χ3v) is 12.2. The highest BCUT2D eigenvalue weighted by Gasteiger charge is 2.27. The van der Waals surface area contributed by atoms with Gasteiger partial charge in [0.25, 0.3) is 0 Å². The molecule has 0 aromatic heterocycles. The highest BCUT2D eigenvalue weighted by molar-refractivity contribution is 6.64. The second-order valence-corrected chi connectivity index (χ2v) is 17.5. The standard InChI is InChI=1S/C40H84O2Si/c1-3-5-7-9-11-13-15-17-19-21-23-25-27-29-31-33-35-37-39-43(41,42)40-38-36-34-32-30-28-26-24-22-20-18-16-14-12-10-8-6-4-2/h41-42H,3-40H2,1-2H3. The number of hydrogen-bond acceptors (Lipinski definition) is 2. The van der Waals surface area contributed by atoms with E-state index >= 15 is 0 Å². The van der Waals surface area contributed by atoms with Gasteiger partial charge in [0, 0.05) is 0 Å². The van der Waals surface area contributed by atoms with Crippen LogP contribution in [-0.2, 0) is 0 Å². The normalized spacial score (nSPS) is 12.0. The van der Waals surface area contributed by atoms with Crippen molar-refractivity contribution < 1.29 is 9.59 Å². The lowest BCUT2D eigenvalue weighted by molar-refractivity contribution is 0.350. The quantitative estimate of drug-likeness (QED) is 0.0530. The van der Waals surface area contributed by atoms with E-state index < -0.39 is 8.56 Å². The van der Waals surface area contributed by atoms with Crippen molar-refractivity contribution in [3.8, 4) is 0 Å². The fraction of sp³-hybridized carbons (Fsp3) is 1.00. The lowest BCUT2D eigenvalue weighted by Gasteiger charge is -2.17. The van der Waals surface area contributed by atoms with Crippen LogP contribution < -0.4 is 0 Å². The van der Waals surface area contributed by atoms with Gasteiger partial charge in [-0.2, -0.15) is 0 Å². The molecule has 0 heterocycles. The Morgan fingerprint density at radius 1 is 0.233 bits per heavy atom. The molecule has 43 heavy (non-hydrogen) atoms. The van der Waals surface area contributed by atoms with Crippen LogP contribution in [0.1, 0.15) is 245 Å². The Morgan fingerprint density at radius 2 is 0.372 bits per heavy atom. The summed E-state index contributed by atoms with van der Waals surface area (Å²) in [6.45, 7) is 4.59. The molecule has 0 aliphatic heterocycles. The fourth-order valence-corrected chi connectivity index (χ4v) is 8.63. The molecule has 0 atom stereocenters. The van der Waals surface area contributed by atoms with Gasteiger partial charge in [-0.15, -0.1) is 0 Å². The third-order valence-electron chi connectivity index (χ3n) is 9.86. The van der Waals surface area contributed by atoms with Gasteiger partial charge in [-0.25, -0.2) is 0 Å². The highest BCUT2D eigenvalue weighted by Crippen LogP contribution is 2.20. The molecule has 0 bridgehead atoms. The molecule has 0 radical (unpaired) electrons. The molecule has 0 amide bonds. The van der Waals surface area contributed by atoms with E-state index in [1.165, 1.54) is 218 Å². The molecular formula is C40H84O2Si. The molecule has 3 heteroatoms. The molecule has 0 aromatic rings. The predicted octanol–water partition coefficient (Wildman–Crippen LogP) is 14.5. The molecule has 260 valence electrons. The topological polar surface area (TPSA) is 40.5 Å². The monoisotopic (exact) mass is 625 g/mol. The third kappa shape index (κ3) is 38.2. The zero-order chi connectivity index (χ0) is 31.4. The van der Waals surface area contributed by atoms with Gasteiger partial charge in [-0.1, -0.05) is 245 Å². The lowest BCUT2D eigenvalue weighted by atomic mass is 10.0. The first-order chi connectivity index (χ1) is 21.1. The van der Waals surface area contributed by atoms with Crippen LogP contribution in [0.3, 0.4) is 0 Å². The summed E-state index contributed by atoms with van der Waals surface area (Å²) >= 11 is 0. The summed E-state index contributed by atoms with van der Waals surface area (Å²) < 4.78 is 0. The number of hydrogen-bond donors (Lipinski definition) is 2. The van der Waals surface area contributed by atoms with Gasteiger partial charge in [0.15, 0.2) is 0 Å². The molecular weight excluding hydrogens is 541 g/mol. The van der Waals surface area contributed by atoms with Crippen molar-refractivity contribution in [2.75, 3.05) is 0 Å². The average molecular weight is 625 g/mol. The molecule has 0 unspecified atom stereocenters. The minimum Gasteiger partial charge on any atom is -0.411 e. The maximum atomic E-state index is 10.5. The van der Waals surface area contributed by atoms with Gasteiger partial charge in [0.1, 0.15) is 0 Å². The van der Waals surface area contributed by atoms with E-state index in [1.54, 1.807) is 0 Å². The molecule has 0 aromatic carbocycles. The number of rotatable bonds is 38. The zero-order valence-corrected chi connectivity index (χ0v) is 31.3. The Labute approximate surface area is 274 Å².